The zero-order valence-corrected chi connectivity index (χ0v) is 24.6. The number of primary amides is 1. The highest BCUT2D eigenvalue weighted by atomic mass is 79.9. The first-order chi connectivity index (χ1) is 19.8. The topological polar surface area (TPSA) is 147 Å². The van der Waals surface area contributed by atoms with E-state index in [1.807, 2.05) is 0 Å². The summed E-state index contributed by atoms with van der Waals surface area (Å²) < 4.78 is 19.9. The number of urea groups is 1. The molecule has 218 valence electrons. The lowest BCUT2D eigenvalue weighted by atomic mass is 9.51. The van der Waals surface area contributed by atoms with E-state index in [4.69, 9.17) is 22.1 Å². The summed E-state index contributed by atoms with van der Waals surface area (Å²) in [7, 11) is 1.37. The summed E-state index contributed by atoms with van der Waals surface area (Å²) in [5, 5.41) is 11.1. The maximum atomic E-state index is 14.4. The molecule has 0 spiro atoms. The molecule has 1 saturated carbocycles. The van der Waals surface area contributed by atoms with E-state index in [1.54, 1.807) is 25.1 Å². The quantitative estimate of drug-likeness (QED) is 0.369. The van der Waals surface area contributed by atoms with E-state index in [1.165, 1.54) is 19.2 Å². The van der Waals surface area contributed by atoms with Gasteiger partial charge in [0.05, 0.1) is 41.0 Å². The lowest BCUT2D eigenvalue weighted by Gasteiger charge is -2.49. The molecule has 2 aliphatic carbocycles. The van der Waals surface area contributed by atoms with E-state index >= 15 is 0 Å². The summed E-state index contributed by atoms with van der Waals surface area (Å²) in [5.41, 5.74) is 4.82. The summed E-state index contributed by atoms with van der Waals surface area (Å²) in [5.74, 6) is -8.09. The Morgan fingerprint density at radius 1 is 1.14 bits per heavy atom. The van der Waals surface area contributed by atoms with Crippen molar-refractivity contribution in [3.63, 3.8) is 0 Å². The van der Waals surface area contributed by atoms with Crippen LogP contribution in [0.5, 0.6) is 11.5 Å². The van der Waals surface area contributed by atoms with Crippen molar-refractivity contribution in [2.24, 2.45) is 34.8 Å². The Labute approximate surface area is 252 Å². The molecule has 13 heteroatoms. The number of imide groups is 4. The Kier molecular flexibility index (Phi) is 6.50. The molecule has 2 aromatic carbocycles. The average Bonchev–Trinajstić information content (AvgIpc) is 3.31. The number of amides is 6. The number of hydrogen-bond acceptors (Lipinski definition) is 7. The van der Waals surface area contributed by atoms with Gasteiger partial charge in [0.1, 0.15) is 5.82 Å². The number of likely N-dealkylation sites (tertiary alicyclic amines) is 1. The number of nitrogens with zero attached hydrogens (tertiary/aromatic N) is 2. The third-order valence-electron chi connectivity index (χ3n) is 9.26. The molecule has 6 amide bonds. The minimum Gasteiger partial charge on any atom is -0.504 e. The predicted octanol–water partition coefficient (Wildman–Crippen LogP) is 4.27. The van der Waals surface area contributed by atoms with E-state index < -0.39 is 70.5 Å². The highest BCUT2D eigenvalue weighted by Crippen LogP contribution is 2.65. The fraction of sp³-hybridized carbons (Fsp3) is 0.345. The number of carbonyl (C=O) groups is 5. The smallest absolute Gasteiger partial charge is 0.328 e. The van der Waals surface area contributed by atoms with Crippen LogP contribution in [0.4, 0.5) is 14.9 Å². The molecule has 0 bridgehead atoms. The zero-order valence-electron chi connectivity index (χ0n) is 22.3. The van der Waals surface area contributed by atoms with Crippen molar-refractivity contribution in [3.8, 4) is 11.5 Å². The van der Waals surface area contributed by atoms with E-state index in [2.05, 4.69) is 15.9 Å². The molecule has 4 aliphatic rings. The maximum absolute atomic E-state index is 14.4. The molecule has 2 saturated heterocycles. The number of rotatable bonds is 3. The van der Waals surface area contributed by atoms with E-state index in [0.717, 1.165) is 11.0 Å². The molecule has 6 unspecified atom stereocenters. The Hall–Kier alpha value is -3.77. The van der Waals surface area contributed by atoms with Gasteiger partial charge in [-0.15, -0.1) is 0 Å². The van der Waals surface area contributed by atoms with Gasteiger partial charge in [-0.25, -0.2) is 14.1 Å². The monoisotopic (exact) mass is 659 g/mol. The first-order valence-corrected chi connectivity index (χ1v) is 14.3. The average molecular weight is 661 g/mol. The lowest BCUT2D eigenvalue weighted by molar-refractivity contribution is -0.136. The van der Waals surface area contributed by atoms with Gasteiger partial charge in [0.15, 0.2) is 11.5 Å². The van der Waals surface area contributed by atoms with Gasteiger partial charge in [0, 0.05) is 16.0 Å². The van der Waals surface area contributed by atoms with E-state index in [0.29, 0.717) is 14.9 Å². The largest absolute Gasteiger partial charge is 0.504 e. The van der Waals surface area contributed by atoms with Crippen LogP contribution in [-0.4, -0.2) is 46.8 Å². The van der Waals surface area contributed by atoms with Crippen LogP contribution in [0.3, 0.4) is 0 Å². The molecular weight excluding hydrogens is 637 g/mol. The second-order valence-corrected chi connectivity index (χ2v) is 12.5. The van der Waals surface area contributed by atoms with Gasteiger partial charge >= 0.3 is 6.03 Å². The molecule has 2 heterocycles. The van der Waals surface area contributed by atoms with Crippen LogP contribution < -0.4 is 15.4 Å². The van der Waals surface area contributed by atoms with Gasteiger partial charge in [0.2, 0.25) is 23.6 Å². The normalized spacial score (nSPS) is 30.2. The Balaban J connectivity index is 1.57. The maximum Gasteiger partial charge on any atom is 0.328 e. The molecule has 6 atom stereocenters. The van der Waals surface area contributed by atoms with Crippen LogP contribution >= 0.6 is 27.5 Å². The van der Waals surface area contributed by atoms with Crippen molar-refractivity contribution in [3.05, 3.63) is 62.9 Å². The van der Waals surface area contributed by atoms with Crippen LogP contribution in [0, 0.1) is 34.9 Å². The fourth-order valence-electron chi connectivity index (χ4n) is 7.42. The number of methoxy groups -OCH3 is 1. The molecule has 2 aromatic rings. The van der Waals surface area contributed by atoms with Crippen LogP contribution in [0.2, 0.25) is 5.02 Å². The predicted molar refractivity (Wildman–Crippen MR) is 150 cm³/mol. The molecule has 10 nitrogen and oxygen atoms in total. The highest BCUT2D eigenvalue weighted by Gasteiger charge is 2.68. The number of halogens is 3. The lowest BCUT2D eigenvalue weighted by Crippen LogP contribution is -2.49. The van der Waals surface area contributed by atoms with Crippen LogP contribution in [-0.2, 0) is 19.2 Å². The molecule has 3 N–H and O–H groups in total. The number of phenols is 1. The number of benzene rings is 2. The third kappa shape index (κ3) is 3.70. The first-order valence-electron chi connectivity index (χ1n) is 13.1. The van der Waals surface area contributed by atoms with E-state index in [9.17, 15) is 33.5 Å². The van der Waals surface area contributed by atoms with Gasteiger partial charge in [-0.1, -0.05) is 39.2 Å². The van der Waals surface area contributed by atoms with Crippen molar-refractivity contribution in [1.82, 2.24) is 4.90 Å². The second kappa shape index (κ2) is 9.63. The summed E-state index contributed by atoms with van der Waals surface area (Å²) in [6, 6.07) is 5.50. The number of phenolic OH excluding ortho intramolecular Hbond substituents is 1. The summed E-state index contributed by atoms with van der Waals surface area (Å²) >= 11 is 9.43. The number of ether oxygens (including phenoxy) is 1. The van der Waals surface area contributed by atoms with Crippen LogP contribution in [0.15, 0.2) is 46.5 Å². The molecule has 6 rings (SSSR count). The van der Waals surface area contributed by atoms with Crippen molar-refractivity contribution < 1.29 is 38.2 Å². The van der Waals surface area contributed by atoms with Gasteiger partial charge in [-0.2, -0.15) is 4.90 Å². The molecule has 0 radical (unpaired) electrons. The third-order valence-corrected chi connectivity index (χ3v) is 10.0. The minimum absolute atomic E-state index is 0.00746. The van der Waals surface area contributed by atoms with Crippen molar-refractivity contribution >= 4 is 62.9 Å². The number of nitrogens with two attached hydrogens (primary N) is 1. The van der Waals surface area contributed by atoms with E-state index in [-0.39, 0.29) is 40.6 Å². The number of carbonyl (C=O) groups excluding carboxylic acids is 5. The number of hydrogen-bond donors (Lipinski definition) is 2. The van der Waals surface area contributed by atoms with Crippen molar-refractivity contribution in [2.45, 2.75) is 25.7 Å². The van der Waals surface area contributed by atoms with Crippen molar-refractivity contribution in [2.75, 3.05) is 12.0 Å². The summed E-state index contributed by atoms with van der Waals surface area (Å²) in [6.45, 7) is 1.63. The SMILES string of the molecule is COc1cc(Br)cc(C2C3=CCC4C(=O)N(C(N)=O)C(=O)C4C3CC3C(=O)N(c4ccc(F)c(Cl)c4)C(=O)C32C)c1O. The highest BCUT2D eigenvalue weighted by molar-refractivity contribution is 9.10. The van der Waals surface area contributed by atoms with Crippen molar-refractivity contribution in [1.29, 1.82) is 0 Å². The van der Waals surface area contributed by atoms with Gasteiger partial charge in [-0.05, 0) is 56.0 Å². The number of fused-ring (bicyclic) bond motifs is 4. The minimum atomic E-state index is -1.48. The number of anilines is 1. The van der Waals surface area contributed by atoms with Gasteiger partial charge in [0.25, 0.3) is 0 Å². The molecule has 42 heavy (non-hydrogen) atoms. The van der Waals surface area contributed by atoms with Crippen LogP contribution in [0.25, 0.3) is 0 Å². The number of aromatic hydroxyl groups is 1. The Morgan fingerprint density at radius 2 is 1.86 bits per heavy atom. The number of allylic oxidation sites excluding steroid dienone is 2. The first kappa shape index (κ1) is 28.4. The van der Waals surface area contributed by atoms with Crippen LogP contribution in [0.1, 0.15) is 31.2 Å². The molecular formula is C29H24BrClFN3O7. The van der Waals surface area contributed by atoms with Gasteiger partial charge in [-0.3, -0.25) is 19.2 Å². The molecule has 0 aromatic heterocycles. The molecule has 2 aliphatic heterocycles. The summed E-state index contributed by atoms with van der Waals surface area (Å²) in [6.07, 6.45) is 1.86. The zero-order chi connectivity index (χ0) is 30.4. The second-order valence-electron chi connectivity index (χ2n) is 11.2. The fourth-order valence-corrected chi connectivity index (χ4v) is 8.05. The van der Waals surface area contributed by atoms with Gasteiger partial charge < -0.3 is 15.6 Å². The standard InChI is InChI=1S/C29H24BrClFN3O7/c1-29-17(25(38)34(27(29)40)12-3-6-19(32)18(31)9-12)10-15-13(22(29)16-7-11(30)8-20(42-2)23(16)36)4-5-14-21(15)26(39)35(24(14)37)28(33)41/h3-4,6-9,14-15,17,21-22,36H,5,10H2,1-2H3,(H2,33,41). The molecule has 3 fully saturated rings. The Morgan fingerprint density at radius 3 is 2.50 bits per heavy atom. The Bertz CT molecular complexity index is 1660. The summed E-state index contributed by atoms with van der Waals surface area (Å²) in [4.78, 5) is 68.5.